The molecule has 0 aromatic rings. The van der Waals surface area contributed by atoms with Crippen LogP contribution >= 0.6 is 0 Å². The lowest BCUT2D eigenvalue weighted by Crippen LogP contribution is -2.21. The quantitative estimate of drug-likeness (QED) is 0.568. The Labute approximate surface area is 73.1 Å². The fourth-order valence-electron chi connectivity index (χ4n) is 0.837. The van der Waals surface area contributed by atoms with E-state index in [0.29, 0.717) is 6.42 Å². The van der Waals surface area contributed by atoms with Crippen LogP contribution in [0.5, 0.6) is 0 Å². The molecule has 0 fully saturated rings. The summed E-state index contributed by atoms with van der Waals surface area (Å²) >= 11 is 0. The van der Waals surface area contributed by atoms with Crippen LogP contribution in [0, 0.1) is 0 Å². The van der Waals surface area contributed by atoms with Crippen LogP contribution in [0.25, 0.3) is 0 Å². The van der Waals surface area contributed by atoms with Gasteiger partial charge in [-0.1, -0.05) is 6.92 Å². The molecule has 0 heterocycles. The summed E-state index contributed by atoms with van der Waals surface area (Å²) in [5.74, 6) is -0.123. The summed E-state index contributed by atoms with van der Waals surface area (Å²) in [7, 11) is 1.47. The maximum Gasteiger partial charge on any atom is 0.168 e. The van der Waals surface area contributed by atoms with Crippen molar-refractivity contribution >= 4 is 11.6 Å². The zero-order valence-corrected chi connectivity index (χ0v) is 7.92. The van der Waals surface area contributed by atoms with Crippen molar-refractivity contribution in [3.63, 3.8) is 0 Å². The Hall–Kier alpha value is -0.700. The van der Waals surface area contributed by atoms with E-state index in [4.69, 9.17) is 4.74 Å². The minimum absolute atomic E-state index is 0.00593. The summed E-state index contributed by atoms with van der Waals surface area (Å²) in [6.07, 6.45) is 0.851. The summed E-state index contributed by atoms with van der Waals surface area (Å²) in [5.41, 5.74) is 0. The Morgan fingerprint density at radius 3 is 2.42 bits per heavy atom. The second-order valence-corrected chi connectivity index (χ2v) is 2.81. The van der Waals surface area contributed by atoms with Gasteiger partial charge in [-0.15, -0.1) is 0 Å². The molecule has 3 heteroatoms. The van der Waals surface area contributed by atoms with Crippen LogP contribution in [0.15, 0.2) is 0 Å². The summed E-state index contributed by atoms with van der Waals surface area (Å²) in [5, 5.41) is 0. The van der Waals surface area contributed by atoms with E-state index in [0.717, 1.165) is 6.42 Å². The van der Waals surface area contributed by atoms with Gasteiger partial charge in [-0.25, -0.2) is 0 Å². The molecule has 0 saturated heterocycles. The highest BCUT2D eigenvalue weighted by atomic mass is 16.5. The van der Waals surface area contributed by atoms with E-state index in [1.807, 2.05) is 6.92 Å². The van der Waals surface area contributed by atoms with E-state index in [-0.39, 0.29) is 18.0 Å². The van der Waals surface area contributed by atoms with Crippen LogP contribution in [0.1, 0.15) is 33.1 Å². The van der Waals surface area contributed by atoms with Gasteiger partial charge in [0.25, 0.3) is 0 Å². The fraction of sp³-hybridized carbons (Fsp3) is 0.778. The number of hydrogen-bond donors (Lipinski definition) is 0. The number of hydrogen-bond acceptors (Lipinski definition) is 3. The van der Waals surface area contributed by atoms with Gasteiger partial charge >= 0.3 is 0 Å². The van der Waals surface area contributed by atoms with Crippen molar-refractivity contribution in [3.8, 4) is 0 Å². The monoisotopic (exact) mass is 172 g/mol. The van der Waals surface area contributed by atoms with Gasteiger partial charge < -0.3 is 4.74 Å². The van der Waals surface area contributed by atoms with Crippen LogP contribution < -0.4 is 0 Å². The number of carbonyl (C=O) groups is 2. The lowest BCUT2D eigenvalue weighted by Gasteiger charge is -2.06. The molecule has 0 aromatic carbocycles. The summed E-state index contributed by atoms with van der Waals surface area (Å²) < 4.78 is 4.79. The number of methoxy groups -OCH3 is 1. The first kappa shape index (κ1) is 11.3. The van der Waals surface area contributed by atoms with Gasteiger partial charge in [0.2, 0.25) is 0 Å². The normalized spacial score (nSPS) is 12.6. The zero-order valence-electron chi connectivity index (χ0n) is 7.92. The molecule has 1 unspecified atom stereocenters. The number of Topliss-reactive ketones (excluding diaryl/α,β-unsaturated/α-hetero) is 2. The average molecular weight is 172 g/mol. The van der Waals surface area contributed by atoms with E-state index in [9.17, 15) is 9.59 Å². The molecular formula is C9H16O3. The third kappa shape index (κ3) is 4.23. The fourth-order valence-corrected chi connectivity index (χ4v) is 0.837. The van der Waals surface area contributed by atoms with Crippen LogP contribution in [0.2, 0.25) is 0 Å². The molecule has 0 aliphatic carbocycles. The Morgan fingerprint density at radius 1 is 1.42 bits per heavy atom. The Morgan fingerprint density at radius 2 is 2.00 bits per heavy atom. The number of rotatable bonds is 6. The Kier molecular flexibility index (Phi) is 5.54. The largest absolute Gasteiger partial charge is 0.374 e. The Bertz CT molecular complexity index is 163. The second kappa shape index (κ2) is 5.89. The molecule has 12 heavy (non-hydrogen) atoms. The van der Waals surface area contributed by atoms with Gasteiger partial charge in [0.15, 0.2) is 5.78 Å². The predicted molar refractivity (Wildman–Crippen MR) is 46.0 cm³/mol. The lowest BCUT2D eigenvalue weighted by molar-refractivity contribution is -0.132. The third-order valence-corrected chi connectivity index (χ3v) is 1.71. The van der Waals surface area contributed by atoms with Gasteiger partial charge in [0.1, 0.15) is 11.9 Å². The Balaban J connectivity index is 3.76. The molecule has 0 aliphatic heterocycles. The minimum atomic E-state index is -0.453. The third-order valence-electron chi connectivity index (χ3n) is 1.71. The van der Waals surface area contributed by atoms with E-state index < -0.39 is 6.10 Å². The number of ketones is 2. The van der Waals surface area contributed by atoms with E-state index in [1.54, 1.807) is 6.92 Å². The molecule has 0 aromatic heterocycles. The molecule has 0 spiro atoms. The molecule has 0 rings (SSSR count). The first-order chi connectivity index (χ1) is 5.61. The van der Waals surface area contributed by atoms with Crippen molar-refractivity contribution in [2.24, 2.45) is 0 Å². The molecule has 0 amide bonds. The molecule has 0 N–H and O–H groups in total. The minimum Gasteiger partial charge on any atom is -0.374 e. The first-order valence-electron chi connectivity index (χ1n) is 4.19. The van der Waals surface area contributed by atoms with Crippen molar-refractivity contribution < 1.29 is 14.3 Å². The topological polar surface area (TPSA) is 43.4 Å². The number of ether oxygens (including phenoxy) is 1. The first-order valence-corrected chi connectivity index (χ1v) is 4.19. The summed E-state index contributed by atoms with van der Waals surface area (Å²) in [6.45, 7) is 3.57. The smallest absolute Gasteiger partial charge is 0.168 e. The highest BCUT2D eigenvalue weighted by Crippen LogP contribution is 2.00. The predicted octanol–water partition coefficient (Wildman–Crippen LogP) is 1.35. The van der Waals surface area contributed by atoms with Gasteiger partial charge in [0, 0.05) is 13.5 Å². The van der Waals surface area contributed by atoms with Crippen molar-refractivity contribution in [3.05, 3.63) is 0 Å². The average Bonchev–Trinajstić information content (AvgIpc) is 2.03. The van der Waals surface area contributed by atoms with Crippen LogP contribution in [-0.4, -0.2) is 24.8 Å². The van der Waals surface area contributed by atoms with Gasteiger partial charge in [-0.05, 0) is 13.3 Å². The number of carbonyl (C=O) groups excluding carboxylic acids is 2. The highest BCUT2D eigenvalue weighted by molar-refractivity contribution is 6.00. The lowest BCUT2D eigenvalue weighted by atomic mass is 10.1. The van der Waals surface area contributed by atoms with Gasteiger partial charge in [0.05, 0.1) is 6.42 Å². The molecule has 0 radical (unpaired) electrons. The van der Waals surface area contributed by atoms with Crippen molar-refractivity contribution in [2.45, 2.75) is 39.2 Å². The molecule has 0 aliphatic rings. The molecule has 3 nitrogen and oxygen atoms in total. The highest BCUT2D eigenvalue weighted by Gasteiger charge is 2.14. The van der Waals surface area contributed by atoms with Gasteiger partial charge in [-0.2, -0.15) is 0 Å². The molecule has 0 saturated carbocycles. The van der Waals surface area contributed by atoms with Gasteiger partial charge in [-0.3, -0.25) is 9.59 Å². The zero-order chi connectivity index (χ0) is 9.56. The molecule has 1 atom stereocenters. The van der Waals surface area contributed by atoms with Crippen molar-refractivity contribution in [1.29, 1.82) is 0 Å². The van der Waals surface area contributed by atoms with Crippen LogP contribution in [-0.2, 0) is 14.3 Å². The summed E-state index contributed by atoms with van der Waals surface area (Å²) in [4.78, 5) is 22.1. The molecular weight excluding hydrogens is 156 g/mol. The maximum absolute atomic E-state index is 11.1. The molecule has 70 valence electrons. The van der Waals surface area contributed by atoms with Crippen LogP contribution in [0.3, 0.4) is 0 Å². The van der Waals surface area contributed by atoms with E-state index >= 15 is 0 Å². The van der Waals surface area contributed by atoms with Crippen molar-refractivity contribution in [2.75, 3.05) is 7.11 Å². The summed E-state index contributed by atoms with van der Waals surface area (Å²) in [6, 6.07) is 0. The van der Waals surface area contributed by atoms with Crippen LogP contribution in [0.4, 0.5) is 0 Å². The SMILES string of the molecule is CCCC(=O)CC(=O)C(C)OC. The standard InChI is InChI=1S/C9H16O3/c1-4-5-8(10)6-9(11)7(2)12-3/h7H,4-6H2,1-3H3. The van der Waals surface area contributed by atoms with Crippen molar-refractivity contribution in [1.82, 2.24) is 0 Å². The van der Waals surface area contributed by atoms with E-state index in [1.165, 1.54) is 7.11 Å². The van der Waals surface area contributed by atoms with E-state index in [2.05, 4.69) is 0 Å². The molecule has 0 bridgehead atoms. The second-order valence-electron chi connectivity index (χ2n) is 2.81. The maximum atomic E-state index is 11.1.